The molecule has 2 aromatic carbocycles. The van der Waals surface area contributed by atoms with Crippen molar-refractivity contribution in [2.75, 3.05) is 14.2 Å². The van der Waals surface area contributed by atoms with E-state index in [0.717, 1.165) is 5.56 Å². The van der Waals surface area contributed by atoms with Crippen LogP contribution < -0.4 is 25.2 Å². The number of benzene rings is 2. The van der Waals surface area contributed by atoms with Crippen molar-refractivity contribution in [1.82, 2.24) is 10.0 Å². The Kier molecular flexibility index (Phi) is 10.0. The van der Waals surface area contributed by atoms with E-state index >= 15 is 0 Å². The van der Waals surface area contributed by atoms with Crippen LogP contribution in [0.3, 0.4) is 0 Å². The van der Waals surface area contributed by atoms with E-state index in [1.807, 2.05) is 12.1 Å². The first-order valence-corrected chi connectivity index (χ1v) is 10.9. The molecule has 172 valence electrons. The summed E-state index contributed by atoms with van der Waals surface area (Å²) in [4.78, 5) is 4.52. The van der Waals surface area contributed by atoms with Crippen molar-refractivity contribution in [1.29, 1.82) is 0 Å². The molecule has 8 nitrogen and oxygen atoms in total. The Bertz CT molecular complexity index is 1000. The molecule has 4 N–H and O–H groups in total. The monoisotopic (exact) mass is 562 g/mol. The Morgan fingerprint density at radius 1 is 1.06 bits per heavy atom. The number of nitrogens with one attached hydrogen (secondary N) is 2. The van der Waals surface area contributed by atoms with Crippen molar-refractivity contribution in [3.63, 3.8) is 0 Å². The third-order valence-electron chi connectivity index (χ3n) is 4.04. The number of nitrogens with two attached hydrogens (primary N) is 1. The lowest BCUT2D eigenvalue weighted by Gasteiger charge is -2.21. The zero-order valence-corrected chi connectivity index (χ0v) is 21.6. The molecule has 0 aliphatic rings. The van der Waals surface area contributed by atoms with Crippen molar-refractivity contribution in [2.24, 2.45) is 10.7 Å². The molecular weight excluding hydrogens is 531 g/mol. The highest BCUT2D eigenvalue weighted by Crippen LogP contribution is 2.27. The number of guanidine groups is 1. The predicted molar refractivity (Wildman–Crippen MR) is 134 cm³/mol. The van der Waals surface area contributed by atoms with Gasteiger partial charge in [0.05, 0.1) is 25.7 Å². The van der Waals surface area contributed by atoms with Gasteiger partial charge in [0.15, 0.2) is 17.5 Å². The SMILES string of the molecule is COc1ccc(CN=C(N)NCc2ccccc2S(=O)(=O)NC(C)(C)C)cc1OC.I. The number of aliphatic imine (C=N–C) groups is 1. The van der Waals surface area contributed by atoms with Gasteiger partial charge in [0.1, 0.15) is 0 Å². The van der Waals surface area contributed by atoms with E-state index in [2.05, 4.69) is 15.0 Å². The largest absolute Gasteiger partial charge is 0.493 e. The maximum absolute atomic E-state index is 12.7. The minimum atomic E-state index is -3.66. The van der Waals surface area contributed by atoms with E-state index < -0.39 is 15.6 Å². The van der Waals surface area contributed by atoms with Gasteiger partial charge in [-0.25, -0.2) is 18.1 Å². The molecule has 0 bridgehead atoms. The van der Waals surface area contributed by atoms with Crippen molar-refractivity contribution in [3.05, 3.63) is 53.6 Å². The molecule has 0 aliphatic heterocycles. The summed E-state index contributed by atoms with van der Waals surface area (Å²) in [6, 6.07) is 12.3. The molecular formula is C21H31IN4O4S. The van der Waals surface area contributed by atoms with Gasteiger partial charge in [0.2, 0.25) is 10.0 Å². The van der Waals surface area contributed by atoms with E-state index in [1.54, 1.807) is 65.3 Å². The van der Waals surface area contributed by atoms with Crippen molar-refractivity contribution in [2.45, 2.75) is 44.3 Å². The van der Waals surface area contributed by atoms with E-state index in [4.69, 9.17) is 15.2 Å². The minimum Gasteiger partial charge on any atom is -0.493 e. The van der Waals surface area contributed by atoms with E-state index in [-0.39, 0.29) is 41.4 Å². The van der Waals surface area contributed by atoms with Gasteiger partial charge in [-0.05, 0) is 50.1 Å². The molecule has 0 aliphatic carbocycles. The molecule has 0 heterocycles. The zero-order chi connectivity index (χ0) is 22.4. The standard InChI is InChI=1S/C21H30N4O4S.HI/c1-21(2,3)25-30(26,27)19-9-7-6-8-16(19)14-24-20(22)23-13-15-10-11-17(28-4)18(12-15)29-5;/h6-12,25H,13-14H2,1-5H3,(H3,22,23,24);1H. The first-order chi connectivity index (χ1) is 14.1. The summed E-state index contributed by atoms with van der Waals surface area (Å²) in [5.74, 6) is 1.46. The van der Waals surface area contributed by atoms with Gasteiger partial charge in [-0.3, -0.25) is 0 Å². The molecule has 0 aromatic heterocycles. The summed E-state index contributed by atoms with van der Waals surface area (Å²) in [6.07, 6.45) is 0. The van der Waals surface area contributed by atoms with Crippen LogP contribution in [0.5, 0.6) is 11.5 Å². The second-order valence-electron chi connectivity index (χ2n) is 7.71. The third kappa shape index (κ3) is 8.19. The van der Waals surface area contributed by atoms with Crippen molar-refractivity contribution >= 4 is 40.0 Å². The molecule has 0 amide bonds. The lowest BCUT2D eigenvalue weighted by atomic mass is 10.1. The van der Waals surface area contributed by atoms with Crippen LogP contribution in [0.1, 0.15) is 31.9 Å². The van der Waals surface area contributed by atoms with Crippen LogP contribution in [0, 0.1) is 0 Å². The summed E-state index contributed by atoms with van der Waals surface area (Å²) in [7, 11) is -0.516. The fourth-order valence-electron chi connectivity index (χ4n) is 2.77. The summed E-state index contributed by atoms with van der Waals surface area (Å²) in [5, 5.41) is 2.98. The number of ether oxygens (including phenoxy) is 2. The molecule has 0 saturated heterocycles. The topological polar surface area (TPSA) is 115 Å². The highest BCUT2D eigenvalue weighted by Gasteiger charge is 2.24. The van der Waals surface area contributed by atoms with E-state index in [1.165, 1.54) is 0 Å². The zero-order valence-electron chi connectivity index (χ0n) is 18.4. The average Bonchev–Trinajstić information content (AvgIpc) is 2.68. The minimum absolute atomic E-state index is 0. The fourth-order valence-corrected chi connectivity index (χ4v) is 4.43. The van der Waals surface area contributed by atoms with Crippen LogP contribution in [-0.4, -0.2) is 34.1 Å². The maximum Gasteiger partial charge on any atom is 0.241 e. The van der Waals surface area contributed by atoms with Gasteiger partial charge in [-0.1, -0.05) is 24.3 Å². The first kappa shape index (κ1) is 27.0. The van der Waals surface area contributed by atoms with Crippen molar-refractivity contribution in [3.8, 4) is 11.5 Å². The summed E-state index contributed by atoms with van der Waals surface area (Å²) >= 11 is 0. The lowest BCUT2D eigenvalue weighted by molar-refractivity contribution is 0.354. The molecule has 0 saturated carbocycles. The molecule has 31 heavy (non-hydrogen) atoms. The molecule has 2 aromatic rings. The number of nitrogens with zero attached hydrogens (tertiary/aromatic N) is 1. The molecule has 0 unspecified atom stereocenters. The Hall–Kier alpha value is -2.05. The molecule has 10 heteroatoms. The average molecular weight is 562 g/mol. The lowest BCUT2D eigenvalue weighted by Crippen LogP contribution is -2.41. The van der Waals surface area contributed by atoms with Crippen LogP contribution in [0.2, 0.25) is 0 Å². The molecule has 0 radical (unpaired) electrons. The molecule has 0 fully saturated rings. The maximum atomic E-state index is 12.7. The predicted octanol–water partition coefficient (Wildman–Crippen LogP) is 3.00. The van der Waals surface area contributed by atoms with Crippen LogP contribution >= 0.6 is 24.0 Å². The fraction of sp³-hybridized carbons (Fsp3) is 0.381. The van der Waals surface area contributed by atoms with Gasteiger partial charge in [-0.2, -0.15) is 0 Å². The van der Waals surface area contributed by atoms with E-state index in [0.29, 0.717) is 23.6 Å². The Morgan fingerprint density at radius 3 is 2.32 bits per heavy atom. The molecule has 0 spiro atoms. The molecule has 0 atom stereocenters. The van der Waals surface area contributed by atoms with Crippen LogP contribution in [-0.2, 0) is 23.1 Å². The van der Waals surface area contributed by atoms with Crippen LogP contribution in [0.4, 0.5) is 0 Å². The van der Waals surface area contributed by atoms with E-state index in [9.17, 15) is 8.42 Å². The number of methoxy groups -OCH3 is 2. The quantitative estimate of drug-likeness (QED) is 0.259. The second kappa shape index (κ2) is 11.5. The first-order valence-electron chi connectivity index (χ1n) is 9.42. The van der Waals surface area contributed by atoms with Gasteiger partial charge >= 0.3 is 0 Å². The summed E-state index contributed by atoms with van der Waals surface area (Å²) in [6.45, 7) is 5.95. The number of hydrogen-bond donors (Lipinski definition) is 3. The number of sulfonamides is 1. The Labute approximate surface area is 201 Å². The normalized spacial score (nSPS) is 12.1. The van der Waals surface area contributed by atoms with Crippen LogP contribution in [0.15, 0.2) is 52.4 Å². The van der Waals surface area contributed by atoms with Crippen molar-refractivity contribution < 1.29 is 17.9 Å². The summed E-state index contributed by atoms with van der Waals surface area (Å²) in [5.41, 5.74) is 6.88. The van der Waals surface area contributed by atoms with Crippen LogP contribution in [0.25, 0.3) is 0 Å². The number of rotatable bonds is 8. The number of hydrogen-bond acceptors (Lipinski definition) is 5. The highest BCUT2D eigenvalue weighted by atomic mass is 127. The van der Waals surface area contributed by atoms with Gasteiger partial charge in [-0.15, -0.1) is 24.0 Å². The smallest absolute Gasteiger partial charge is 0.241 e. The van der Waals surface area contributed by atoms with Gasteiger partial charge in [0, 0.05) is 12.1 Å². The number of halogens is 1. The van der Waals surface area contributed by atoms with Gasteiger partial charge < -0.3 is 20.5 Å². The highest BCUT2D eigenvalue weighted by molar-refractivity contribution is 14.0. The Balaban J connectivity index is 0.00000480. The molecule has 2 rings (SSSR count). The summed E-state index contributed by atoms with van der Waals surface area (Å²) < 4.78 is 38.6. The third-order valence-corrected chi connectivity index (χ3v) is 5.90. The second-order valence-corrected chi connectivity index (χ2v) is 9.36. The van der Waals surface area contributed by atoms with Gasteiger partial charge in [0.25, 0.3) is 0 Å². The Morgan fingerprint density at radius 2 is 1.71 bits per heavy atom.